The van der Waals surface area contributed by atoms with E-state index in [1.165, 1.54) is 31.4 Å². The molecule has 0 unspecified atom stereocenters. The van der Waals surface area contributed by atoms with Crippen LogP contribution in [0.2, 0.25) is 5.02 Å². The number of carbonyl (C=O) groups is 1. The van der Waals surface area contributed by atoms with E-state index in [0.29, 0.717) is 42.4 Å². The first kappa shape index (κ1) is 38.9. The van der Waals surface area contributed by atoms with Gasteiger partial charge in [-0.3, -0.25) is 14.6 Å². The third-order valence-corrected chi connectivity index (χ3v) is 15.6. The van der Waals surface area contributed by atoms with Crippen molar-refractivity contribution in [2.75, 3.05) is 57.3 Å². The van der Waals surface area contributed by atoms with E-state index in [2.05, 4.69) is 32.4 Å². The second-order valence-electron chi connectivity index (χ2n) is 16.7. The van der Waals surface area contributed by atoms with E-state index in [1.54, 1.807) is 13.0 Å². The highest BCUT2D eigenvalue weighted by Gasteiger charge is 2.50. The van der Waals surface area contributed by atoms with Gasteiger partial charge in [0.15, 0.2) is 0 Å². The molecule has 2 aromatic carbocycles. The molecule has 292 valence electrons. The Balaban J connectivity index is 1.25. The molecular weight excluding hydrogens is 708 g/mol. The molecule has 0 aromatic heterocycles. The summed E-state index contributed by atoms with van der Waals surface area (Å²) in [5.41, 5.74) is 3.18. The summed E-state index contributed by atoms with van der Waals surface area (Å²) in [6.07, 6.45) is 11.6. The lowest BCUT2D eigenvalue weighted by Crippen LogP contribution is -2.62. The van der Waals surface area contributed by atoms with Crippen LogP contribution in [-0.4, -0.2) is 93.4 Å². The Morgan fingerprint density at radius 3 is 2.58 bits per heavy atom. The van der Waals surface area contributed by atoms with Crippen molar-refractivity contribution in [3.63, 3.8) is 0 Å². The number of piperazine rings is 1. The third kappa shape index (κ3) is 8.72. The lowest BCUT2D eigenvalue weighted by atomic mass is 9.62. The second-order valence-corrected chi connectivity index (χ2v) is 19.2. The van der Waals surface area contributed by atoms with Crippen LogP contribution < -0.4 is 14.4 Å². The zero-order chi connectivity index (χ0) is 37.2. The summed E-state index contributed by atoms with van der Waals surface area (Å²) in [6.45, 7) is 14.0. The number of piperidine rings is 1. The quantitative estimate of drug-likeness (QED) is 0.347. The van der Waals surface area contributed by atoms with Gasteiger partial charge in [-0.15, -0.1) is 0 Å². The zero-order valence-corrected chi connectivity index (χ0v) is 33.7. The fourth-order valence-corrected chi connectivity index (χ4v) is 11.5. The van der Waals surface area contributed by atoms with Gasteiger partial charge in [0.1, 0.15) is 12.4 Å². The number of hydrogen-bond acceptors (Lipinski definition) is 8. The van der Waals surface area contributed by atoms with E-state index < -0.39 is 21.2 Å². The zero-order valence-electron chi connectivity index (χ0n) is 32.2. The highest BCUT2D eigenvalue weighted by atomic mass is 35.5. The number of nitrogens with one attached hydrogen (secondary N) is 1. The van der Waals surface area contributed by atoms with Gasteiger partial charge in [0.25, 0.3) is 5.91 Å². The summed E-state index contributed by atoms with van der Waals surface area (Å²) in [7, 11) is -3.92. The first-order valence-electron chi connectivity index (χ1n) is 20.5. The Morgan fingerprint density at radius 2 is 1.77 bits per heavy atom. The normalized spacial score (nSPS) is 31.7. The van der Waals surface area contributed by atoms with Crippen molar-refractivity contribution in [1.29, 1.82) is 0 Å². The first-order valence-corrected chi connectivity index (χ1v) is 22.4. The maximum absolute atomic E-state index is 13.7. The van der Waals surface area contributed by atoms with E-state index >= 15 is 0 Å². The molecule has 4 aliphatic heterocycles. The summed E-state index contributed by atoms with van der Waals surface area (Å²) in [6, 6.07) is 12.0. The molecule has 9 nitrogen and oxygen atoms in total. The molecule has 5 aliphatic rings. The SMILES string of the molecule is CCO[C@@]1(CN2CCN3CCCC[C@@H]3C2)CCC[C@H](C)[C@@H](C)S(=O)(=O)NC(=O)c2ccc3c(c2)N(CCCCc2cc(Cl)ccc2CO3)C[C@@H]2CC[C@H]21. The summed E-state index contributed by atoms with van der Waals surface area (Å²) in [5.74, 6) is 0.797. The Morgan fingerprint density at radius 1 is 0.925 bits per heavy atom. The van der Waals surface area contributed by atoms with Crippen molar-refractivity contribution >= 4 is 33.2 Å². The maximum Gasteiger partial charge on any atom is 0.264 e. The number of halogens is 1. The van der Waals surface area contributed by atoms with Gasteiger partial charge >= 0.3 is 0 Å². The molecule has 4 heterocycles. The van der Waals surface area contributed by atoms with E-state index in [-0.39, 0.29) is 11.5 Å². The minimum atomic E-state index is -3.92. The van der Waals surface area contributed by atoms with Crippen molar-refractivity contribution in [1.82, 2.24) is 14.5 Å². The van der Waals surface area contributed by atoms with Gasteiger partial charge in [0, 0.05) is 62.5 Å². The number of nitrogens with zero attached hydrogens (tertiary/aromatic N) is 3. The summed E-state index contributed by atoms with van der Waals surface area (Å²) in [5, 5.41) is 0.0128. The van der Waals surface area contributed by atoms with Gasteiger partial charge in [-0.25, -0.2) is 13.1 Å². The second kappa shape index (κ2) is 16.8. The number of fused-ring (bicyclic) bond motifs is 4. The van der Waals surface area contributed by atoms with E-state index in [4.69, 9.17) is 21.1 Å². The number of ether oxygens (including phenoxy) is 2. The van der Waals surface area contributed by atoms with Crippen LogP contribution in [0.1, 0.15) is 106 Å². The van der Waals surface area contributed by atoms with Crippen LogP contribution in [-0.2, 0) is 27.8 Å². The summed E-state index contributed by atoms with van der Waals surface area (Å²) >= 11 is 6.43. The van der Waals surface area contributed by atoms with Crippen molar-refractivity contribution in [2.24, 2.45) is 17.8 Å². The van der Waals surface area contributed by atoms with Gasteiger partial charge in [-0.05, 0) is 137 Å². The molecule has 1 N–H and O–H groups in total. The van der Waals surface area contributed by atoms with Crippen molar-refractivity contribution < 1.29 is 22.7 Å². The minimum absolute atomic E-state index is 0.121. The van der Waals surface area contributed by atoms with Crippen LogP contribution in [0.5, 0.6) is 5.75 Å². The molecule has 6 atom stereocenters. The molecule has 1 amide bonds. The lowest BCUT2D eigenvalue weighted by molar-refractivity contribution is -0.151. The van der Waals surface area contributed by atoms with Crippen LogP contribution in [0.25, 0.3) is 0 Å². The molecule has 3 fully saturated rings. The number of rotatable bonds is 4. The highest BCUT2D eigenvalue weighted by molar-refractivity contribution is 7.90. The molecule has 1 saturated carbocycles. The molecule has 11 heteroatoms. The van der Waals surface area contributed by atoms with E-state index in [9.17, 15) is 13.2 Å². The third-order valence-electron chi connectivity index (χ3n) is 13.4. The Labute approximate surface area is 323 Å². The number of amides is 1. The number of carbonyl (C=O) groups excluding carboxylic acids is 1. The predicted octanol–water partition coefficient (Wildman–Crippen LogP) is 7.30. The van der Waals surface area contributed by atoms with Crippen LogP contribution in [0.4, 0.5) is 5.69 Å². The predicted molar refractivity (Wildman–Crippen MR) is 212 cm³/mol. The molecule has 0 radical (unpaired) electrons. The average molecular weight is 769 g/mol. The minimum Gasteiger partial charge on any atom is -0.487 e. The molecule has 2 aromatic rings. The molecule has 2 saturated heterocycles. The topological polar surface area (TPSA) is 91.4 Å². The fourth-order valence-electron chi connectivity index (χ4n) is 10.0. The Kier molecular flexibility index (Phi) is 12.3. The fraction of sp³-hybridized carbons (Fsp3) is 0.690. The number of sulfonamides is 1. The molecule has 2 bridgehead atoms. The molecular formula is C42H61ClN4O5S. The van der Waals surface area contributed by atoms with Gasteiger partial charge in [-0.2, -0.15) is 0 Å². The molecule has 1 aliphatic carbocycles. The number of anilines is 1. The summed E-state index contributed by atoms with van der Waals surface area (Å²) < 4.78 is 43.5. The van der Waals surface area contributed by atoms with Crippen LogP contribution in [0.15, 0.2) is 36.4 Å². The molecule has 53 heavy (non-hydrogen) atoms. The lowest BCUT2D eigenvalue weighted by Gasteiger charge is -2.54. The molecule has 7 rings (SSSR count). The van der Waals surface area contributed by atoms with Crippen LogP contribution in [0, 0.1) is 17.8 Å². The van der Waals surface area contributed by atoms with Crippen LogP contribution in [0.3, 0.4) is 0 Å². The van der Waals surface area contributed by atoms with Gasteiger partial charge < -0.3 is 14.4 Å². The van der Waals surface area contributed by atoms with Gasteiger partial charge in [-0.1, -0.05) is 37.4 Å². The van der Waals surface area contributed by atoms with E-state index in [0.717, 1.165) is 107 Å². The monoisotopic (exact) mass is 768 g/mol. The number of aryl methyl sites for hydroxylation is 1. The average Bonchev–Trinajstić information content (AvgIpc) is 3.15. The standard InChI is InChI=1S/C42H61ClN4O5S/c1-4-52-42(29-45-22-23-46-20-8-6-12-37(46)27-45)19-9-10-30(2)31(3)53(49,50)44-41(48)33-15-18-40-39(25-33)47(26-34-14-17-38(34)42)21-7-5-11-32-24-36(43)16-13-35(32)28-51-40/h13,15-16,18,24-25,30-31,34,37-38H,4-12,14,17,19-23,26-29H2,1-3H3,(H,44,48)/t30-,31+,34-,37+,38+,42+/m0/s1. The van der Waals surface area contributed by atoms with Crippen molar-refractivity contribution in [3.8, 4) is 5.75 Å². The van der Waals surface area contributed by atoms with Crippen LogP contribution >= 0.6 is 11.6 Å². The van der Waals surface area contributed by atoms with Gasteiger partial charge in [0.05, 0.1) is 16.5 Å². The molecule has 0 spiro atoms. The first-order chi connectivity index (χ1) is 25.5. The van der Waals surface area contributed by atoms with E-state index in [1.807, 2.05) is 31.2 Å². The van der Waals surface area contributed by atoms with Gasteiger partial charge in [0.2, 0.25) is 10.0 Å². The largest absolute Gasteiger partial charge is 0.487 e. The maximum atomic E-state index is 13.7. The Hall–Kier alpha value is -2.37. The van der Waals surface area contributed by atoms with Crippen molar-refractivity contribution in [2.45, 2.75) is 115 Å². The number of hydrogen-bond donors (Lipinski definition) is 1. The smallest absolute Gasteiger partial charge is 0.264 e. The summed E-state index contributed by atoms with van der Waals surface area (Å²) in [4.78, 5) is 21.5. The Bertz CT molecular complexity index is 1710. The number of benzene rings is 2. The highest BCUT2D eigenvalue weighted by Crippen LogP contribution is 2.48. The van der Waals surface area contributed by atoms with Crippen molar-refractivity contribution in [3.05, 3.63) is 58.1 Å².